The molecule has 5 nitrogen and oxygen atoms in total. The Morgan fingerprint density at radius 3 is 2.90 bits per heavy atom. The molecule has 0 saturated carbocycles. The monoisotopic (exact) mass is 310 g/mol. The highest BCUT2D eigenvalue weighted by atomic mass is 32.1. The first-order valence-corrected chi connectivity index (χ1v) is 8.39. The van der Waals surface area contributed by atoms with Crippen LogP contribution in [0.2, 0.25) is 0 Å². The lowest BCUT2D eigenvalue weighted by atomic mass is 9.98. The van der Waals surface area contributed by atoms with Crippen LogP contribution in [0.5, 0.6) is 0 Å². The molecule has 2 atom stereocenters. The van der Waals surface area contributed by atoms with E-state index < -0.39 is 6.10 Å². The Morgan fingerprint density at radius 2 is 2.24 bits per heavy atom. The fourth-order valence-corrected chi connectivity index (χ4v) is 3.93. The number of piperidine rings is 1. The van der Waals surface area contributed by atoms with Gasteiger partial charge in [0.15, 0.2) is 6.10 Å². The van der Waals surface area contributed by atoms with Crippen molar-refractivity contribution in [1.29, 1.82) is 0 Å². The van der Waals surface area contributed by atoms with Crippen molar-refractivity contribution in [3.05, 3.63) is 15.6 Å². The number of hydrogen-bond donors (Lipinski definition) is 0. The Bertz CT molecular complexity index is 492. The van der Waals surface area contributed by atoms with Gasteiger partial charge in [-0.25, -0.2) is 4.98 Å². The zero-order valence-electron chi connectivity index (χ0n) is 12.6. The number of hydrogen-bond acceptors (Lipinski definition) is 5. The van der Waals surface area contributed by atoms with Gasteiger partial charge in [-0.3, -0.25) is 4.79 Å². The largest absolute Gasteiger partial charge is 0.376 e. The molecular formula is C15H22N2O3S. The van der Waals surface area contributed by atoms with Gasteiger partial charge < -0.3 is 14.4 Å². The first kappa shape index (κ1) is 14.9. The van der Waals surface area contributed by atoms with Gasteiger partial charge in [0.25, 0.3) is 5.91 Å². The zero-order valence-corrected chi connectivity index (χ0v) is 13.4. The first-order valence-electron chi connectivity index (χ1n) is 7.57. The van der Waals surface area contributed by atoms with E-state index in [1.165, 1.54) is 9.88 Å². The molecule has 0 N–H and O–H groups in total. The molecule has 0 bridgehead atoms. The molecule has 21 heavy (non-hydrogen) atoms. The number of nitrogens with zero attached hydrogens (tertiary/aromatic N) is 2. The lowest BCUT2D eigenvalue weighted by molar-refractivity contribution is -0.159. The Morgan fingerprint density at radius 1 is 1.38 bits per heavy atom. The summed E-state index contributed by atoms with van der Waals surface area (Å²) >= 11 is 1.77. The average Bonchev–Trinajstić information content (AvgIpc) is 2.87. The number of aryl methyl sites for hydroxylation is 2. The summed E-state index contributed by atoms with van der Waals surface area (Å²) in [4.78, 5) is 20.4. The third kappa shape index (κ3) is 3.27. The molecule has 2 aliphatic rings. The summed E-state index contributed by atoms with van der Waals surface area (Å²) in [5.41, 5.74) is 1.11. The van der Waals surface area contributed by atoms with Crippen LogP contribution in [-0.2, 0) is 14.3 Å². The van der Waals surface area contributed by atoms with Gasteiger partial charge in [0.05, 0.1) is 30.5 Å². The van der Waals surface area contributed by atoms with Gasteiger partial charge in [0.1, 0.15) is 0 Å². The van der Waals surface area contributed by atoms with E-state index in [-0.39, 0.29) is 5.91 Å². The van der Waals surface area contributed by atoms with Crippen LogP contribution in [0.3, 0.4) is 0 Å². The van der Waals surface area contributed by atoms with E-state index in [2.05, 4.69) is 11.9 Å². The van der Waals surface area contributed by atoms with Crippen LogP contribution in [-0.4, -0.2) is 54.8 Å². The predicted octanol–water partition coefficient (Wildman–Crippen LogP) is 1.88. The SMILES string of the molecule is Cc1nc([C@H]2CCCN(C(=O)[C@H]3COCCO3)C2)sc1C. The summed E-state index contributed by atoms with van der Waals surface area (Å²) in [6, 6.07) is 0. The normalized spacial score (nSPS) is 26.9. The fourth-order valence-electron chi connectivity index (χ4n) is 2.89. The van der Waals surface area contributed by atoms with Crippen LogP contribution >= 0.6 is 11.3 Å². The van der Waals surface area contributed by atoms with E-state index in [0.717, 1.165) is 31.6 Å². The molecule has 2 saturated heterocycles. The minimum Gasteiger partial charge on any atom is -0.376 e. The molecule has 1 aromatic heterocycles. The third-order valence-corrected chi connectivity index (χ3v) is 5.45. The number of carbonyl (C=O) groups excluding carboxylic acids is 1. The molecule has 0 aliphatic carbocycles. The Kier molecular flexibility index (Phi) is 4.57. The van der Waals surface area contributed by atoms with Crippen molar-refractivity contribution in [3.8, 4) is 0 Å². The summed E-state index contributed by atoms with van der Waals surface area (Å²) in [6.45, 7) is 7.21. The minimum absolute atomic E-state index is 0.0735. The van der Waals surface area contributed by atoms with Crippen LogP contribution < -0.4 is 0 Å². The summed E-state index contributed by atoms with van der Waals surface area (Å²) in [7, 11) is 0. The lowest BCUT2D eigenvalue weighted by Gasteiger charge is -2.35. The molecule has 3 rings (SSSR count). The van der Waals surface area contributed by atoms with Crippen molar-refractivity contribution in [3.63, 3.8) is 0 Å². The topological polar surface area (TPSA) is 51.7 Å². The van der Waals surface area contributed by atoms with E-state index in [1.54, 1.807) is 11.3 Å². The van der Waals surface area contributed by atoms with Gasteiger partial charge in [-0.2, -0.15) is 0 Å². The second kappa shape index (κ2) is 6.42. The maximum Gasteiger partial charge on any atom is 0.254 e. The highest BCUT2D eigenvalue weighted by molar-refractivity contribution is 7.11. The highest BCUT2D eigenvalue weighted by Gasteiger charge is 2.32. The van der Waals surface area contributed by atoms with E-state index in [4.69, 9.17) is 9.47 Å². The van der Waals surface area contributed by atoms with Crippen molar-refractivity contribution >= 4 is 17.2 Å². The fraction of sp³-hybridized carbons (Fsp3) is 0.733. The van der Waals surface area contributed by atoms with Gasteiger partial charge in [-0.1, -0.05) is 0 Å². The van der Waals surface area contributed by atoms with Gasteiger partial charge >= 0.3 is 0 Å². The molecular weight excluding hydrogens is 288 g/mol. The van der Waals surface area contributed by atoms with Crippen molar-refractivity contribution in [2.24, 2.45) is 0 Å². The number of likely N-dealkylation sites (tertiary alicyclic amines) is 1. The van der Waals surface area contributed by atoms with Crippen LogP contribution in [0.15, 0.2) is 0 Å². The molecule has 2 aliphatic heterocycles. The number of amides is 1. The smallest absolute Gasteiger partial charge is 0.254 e. The van der Waals surface area contributed by atoms with E-state index in [1.807, 2.05) is 11.8 Å². The van der Waals surface area contributed by atoms with E-state index in [9.17, 15) is 4.79 Å². The van der Waals surface area contributed by atoms with Crippen LogP contribution in [0.1, 0.15) is 34.3 Å². The lowest BCUT2D eigenvalue weighted by Crippen LogP contribution is -2.48. The van der Waals surface area contributed by atoms with Gasteiger partial charge in [0, 0.05) is 23.9 Å². The molecule has 1 aromatic rings. The predicted molar refractivity (Wildman–Crippen MR) is 80.7 cm³/mol. The molecule has 1 amide bonds. The summed E-state index contributed by atoms with van der Waals surface area (Å²) in [6.07, 6.45) is 1.72. The number of ether oxygens (including phenoxy) is 2. The van der Waals surface area contributed by atoms with E-state index >= 15 is 0 Å². The van der Waals surface area contributed by atoms with Crippen LogP contribution in [0.4, 0.5) is 0 Å². The van der Waals surface area contributed by atoms with Crippen molar-refractivity contribution in [2.45, 2.75) is 38.7 Å². The van der Waals surface area contributed by atoms with Crippen LogP contribution in [0.25, 0.3) is 0 Å². The maximum absolute atomic E-state index is 12.5. The number of rotatable bonds is 2. The highest BCUT2D eigenvalue weighted by Crippen LogP contribution is 2.31. The van der Waals surface area contributed by atoms with Crippen molar-refractivity contribution < 1.29 is 14.3 Å². The van der Waals surface area contributed by atoms with Gasteiger partial charge in [-0.15, -0.1) is 11.3 Å². The number of carbonyl (C=O) groups is 1. The molecule has 0 radical (unpaired) electrons. The first-order chi connectivity index (χ1) is 10.1. The number of thiazole rings is 1. The summed E-state index contributed by atoms with van der Waals surface area (Å²) in [5, 5.41) is 1.17. The summed E-state index contributed by atoms with van der Waals surface area (Å²) in [5.74, 6) is 0.439. The molecule has 3 heterocycles. The molecule has 6 heteroatoms. The molecule has 0 aromatic carbocycles. The molecule has 0 spiro atoms. The maximum atomic E-state index is 12.5. The van der Waals surface area contributed by atoms with Crippen LogP contribution in [0, 0.1) is 13.8 Å². The Hall–Kier alpha value is -0.980. The number of aromatic nitrogens is 1. The Labute approximate surface area is 129 Å². The molecule has 116 valence electrons. The average molecular weight is 310 g/mol. The molecule has 0 unspecified atom stereocenters. The Balaban J connectivity index is 1.66. The second-order valence-corrected chi connectivity index (χ2v) is 6.99. The zero-order chi connectivity index (χ0) is 14.8. The van der Waals surface area contributed by atoms with Gasteiger partial charge in [-0.05, 0) is 26.7 Å². The standard InChI is InChI=1S/C15H22N2O3S/c1-10-11(2)21-14(16-10)12-4-3-5-17(8-12)15(18)13-9-19-6-7-20-13/h12-13H,3-9H2,1-2H3/t12-,13+/m0/s1. The second-order valence-electron chi connectivity index (χ2n) is 5.75. The third-order valence-electron chi connectivity index (χ3n) is 4.22. The summed E-state index contributed by atoms with van der Waals surface area (Å²) < 4.78 is 10.9. The van der Waals surface area contributed by atoms with Crippen molar-refractivity contribution in [1.82, 2.24) is 9.88 Å². The molecule has 2 fully saturated rings. The minimum atomic E-state index is -0.419. The van der Waals surface area contributed by atoms with Crippen molar-refractivity contribution in [2.75, 3.05) is 32.9 Å². The van der Waals surface area contributed by atoms with Gasteiger partial charge in [0.2, 0.25) is 0 Å². The van der Waals surface area contributed by atoms with E-state index in [0.29, 0.717) is 25.7 Å². The quantitative estimate of drug-likeness (QED) is 0.837.